The van der Waals surface area contributed by atoms with Gasteiger partial charge in [-0.05, 0) is 18.6 Å². The monoisotopic (exact) mass is 291 g/mol. The molecule has 0 aliphatic rings. The molecule has 0 saturated heterocycles. The van der Waals surface area contributed by atoms with Crippen LogP contribution in [0.3, 0.4) is 0 Å². The van der Waals surface area contributed by atoms with E-state index < -0.39 is 9.85 Å². The van der Waals surface area contributed by atoms with E-state index in [1.807, 2.05) is 0 Å². The fraction of sp³-hybridized carbons (Fsp3) is 0.231. The molecular weight excluding hydrogens is 278 g/mol. The van der Waals surface area contributed by atoms with E-state index in [-0.39, 0.29) is 11.6 Å². The molecule has 2 rings (SSSR count). The molecule has 8 nitrogen and oxygen atoms in total. The first-order chi connectivity index (χ1) is 9.99. The van der Waals surface area contributed by atoms with Crippen molar-refractivity contribution in [2.75, 3.05) is 0 Å². The van der Waals surface area contributed by atoms with Gasteiger partial charge in [-0.25, -0.2) is 0 Å². The highest BCUT2D eigenvalue weighted by Gasteiger charge is 2.14. The third-order valence-corrected chi connectivity index (χ3v) is 3.06. The molecule has 1 heterocycles. The maximum Gasteiger partial charge on any atom is 0.433 e. The standard InChI is InChI=1S/C13H13N3O5/c1-9-10(3-2-4-12(9)15(17)18)7-14-8-11-5-6-13(21-11)16(19)20/h2-6,14H,7-8H2,1H3. The van der Waals surface area contributed by atoms with Crippen molar-refractivity contribution < 1.29 is 14.3 Å². The molecule has 2 aromatic rings. The molecule has 0 atom stereocenters. The zero-order chi connectivity index (χ0) is 15.4. The molecule has 0 bridgehead atoms. The van der Waals surface area contributed by atoms with Gasteiger partial charge in [-0.15, -0.1) is 0 Å². The van der Waals surface area contributed by atoms with E-state index in [1.54, 1.807) is 19.1 Å². The fourth-order valence-corrected chi connectivity index (χ4v) is 1.94. The number of furan rings is 1. The highest BCUT2D eigenvalue weighted by atomic mass is 16.6. The maximum absolute atomic E-state index is 10.8. The third kappa shape index (κ3) is 3.42. The van der Waals surface area contributed by atoms with Crippen LogP contribution in [0.1, 0.15) is 16.9 Å². The summed E-state index contributed by atoms with van der Waals surface area (Å²) < 4.78 is 5.01. The largest absolute Gasteiger partial charge is 0.433 e. The number of nitro groups is 2. The fourth-order valence-electron chi connectivity index (χ4n) is 1.94. The van der Waals surface area contributed by atoms with E-state index >= 15 is 0 Å². The Morgan fingerprint density at radius 2 is 1.86 bits per heavy atom. The van der Waals surface area contributed by atoms with Crippen LogP contribution in [0.15, 0.2) is 34.7 Å². The molecule has 0 unspecified atom stereocenters. The molecule has 0 aliphatic carbocycles. The second-order valence-corrected chi connectivity index (χ2v) is 4.42. The van der Waals surface area contributed by atoms with Crippen LogP contribution < -0.4 is 5.32 Å². The summed E-state index contributed by atoms with van der Waals surface area (Å²) in [5.74, 6) is 0.128. The van der Waals surface area contributed by atoms with Gasteiger partial charge in [-0.3, -0.25) is 20.2 Å². The first-order valence-electron chi connectivity index (χ1n) is 6.15. The smallest absolute Gasteiger partial charge is 0.404 e. The number of rotatable bonds is 6. The third-order valence-electron chi connectivity index (χ3n) is 3.06. The summed E-state index contributed by atoms with van der Waals surface area (Å²) in [4.78, 5) is 20.3. The van der Waals surface area contributed by atoms with Crippen molar-refractivity contribution in [2.45, 2.75) is 20.0 Å². The first-order valence-corrected chi connectivity index (χ1v) is 6.15. The minimum atomic E-state index is -0.603. The van der Waals surface area contributed by atoms with Crippen molar-refractivity contribution in [2.24, 2.45) is 0 Å². The predicted octanol–water partition coefficient (Wildman–Crippen LogP) is 2.69. The summed E-state index contributed by atoms with van der Waals surface area (Å²) in [5.41, 5.74) is 1.47. The molecule has 110 valence electrons. The Labute approximate surface area is 119 Å². The van der Waals surface area contributed by atoms with Gasteiger partial charge >= 0.3 is 5.88 Å². The van der Waals surface area contributed by atoms with Crippen LogP contribution in [0.2, 0.25) is 0 Å². The van der Waals surface area contributed by atoms with Crippen LogP contribution in [-0.2, 0) is 13.1 Å². The van der Waals surface area contributed by atoms with Crippen molar-refractivity contribution in [3.63, 3.8) is 0 Å². The predicted molar refractivity (Wildman–Crippen MR) is 73.7 cm³/mol. The number of hydrogen-bond donors (Lipinski definition) is 1. The van der Waals surface area contributed by atoms with Crippen molar-refractivity contribution >= 4 is 11.6 Å². The molecule has 0 amide bonds. The molecular formula is C13H13N3O5. The number of benzene rings is 1. The summed E-state index contributed by atoms with van der Waals surface area (Å²) in [6, 6.07) is 7.68. The lowest BCUT2D eigenvalue weighted by Gasteiger charge is -2.07. The molecule has 0 aliphatic heterocycles. The molecule has 0 radical (unpaired) electrons. The van der Waals surface area contributed by atoms with Crippen molar-refractivity contribution in [1.29, 1.82) is 0 Å². The average Bonchev–Trinajstić information content (AvgIpc) is 2.89. The van der Waals surface area contributed by atoms with Gasteiger partial charge in [-0.2, -0.15) is 0 Å². The lowest BCUT2D eigenvalue weighted by molar-refractivity contribution is -0.402. The van der Waals surface area contributed by atoms with Gasteiger partial charge in [-0.1, -0.05) is 12.1 Å². The van der Waals surface area contributed by atoms with Crippen LogP contribution >= 0.6 is 0 Å². The Kier molecular flexibility index (Phi) is 4.29. The Bertz CT molecular complexity index is 680. The first kappa shape index (κ1) is 14.7. The second-order valence-electron chi connectivity index (χ2n) is 4.42. The van der Waals surface area contributed by atoms with Crippen LogP contribution in [0.5, 0.6) is 0 Å². The van der Waals surface area contributed by atoms with Crippen molar-refractivity contribution in [3.05, 3.63) is 67.4 Å². The van der Waals surface area contributed by atoms with E-state index in [0.29, 0.717) is 24.4 Å². The van der Waals surface area contributed by atoms with Gasteiger partial charge in [0.25, 0.3) is 5.69 Å². The lowest BCUT2D eigenvalue weighted by Crippen LogP contribution is -2.13. The Balaban J connectivity index is 1.98. The molecule has 21 heavy (non-hydrogen) atoms. The molecule has 8 heteroatoms. The van der Waals surface area contributed by atoms with Gasteiger partial charge in [0.2, 0.25) is 0 Å². The van der Waals surface area contributed by atoms with Crippen LogP contribution in [-0.4, -0.2) is 9.85 Å². The van der Waals surface area contributed by atoms with Gasteiger partial charge in [0.15, 0.2) is 0 Å². The number of hydrogen-bond acceptors (Lipinski definition) is 6. The SMILES string of the molecule is Cc1c(CNCc2ccc([N+](=O)[O-])o2)cccc1[N+](=O)[O-]. The van der Waals surface area contributed by atoms with E-state index in [0.717, 1.165) is 5.56 Å². The van der Waals surface area contributed by atoms with Crippen molar-refractivity contribution in [1.82, 2.24) is 5.32 Å². The van der Waals surface area contributed by atoms with Gasteiger partial charge in [0.1, 0.15) is 10.7 Å². The van der Waals surface area contributed by atoms with Gasteiger partial charge < -0.3 is 9.73 Å². The number of nitro benzene ring substituents is 1. The summed E-state index contributed by atoms with van der Waals surface area (Å²) in [5, 5.41) is 24.4. The highest BCUT2D eigenvalue weighted by molar-refractivity contribution is 5.44. The molecule has 1 aromatic heterocycles. The lowest BCUT2D eigenvalue weighted by atomic mass is 10.1. The summed E-state index contributed by atoms with van der Waals surface area (Å²) >= 11 is 0. The topological polar surface area (TPSA) is 111 Å². The maximum atomic E-state index is 10.8. The molecule has 1 N–H and O–H groups in total. The van der Waals surface area contributed by atoms with Crippen LogP contribution in [0, 0.1) is 27.2 Å². The Hall–Kier alpha value is -2.74. The second kappa shape index (κ2) is 6.14. The van der Waals surface area contributed by atoms with Crippen LogP contribution in [0.4, 0.5) is 11.6 Å². The number of nitrogens with zero attached hydrogens (tertiary/aromatic N) is 2. The Morgan fingerprint density at radius 1 is 1.10 bits per heavy atom. The Morgan fingerprint density at radius 3 is 2.48 bits per heavy atom. The van der Waals surface area contributed by atoms with Crippen molar-refractivity contribution in [3.8, 4) is 0 Å². The molecule has 1 aromatic carbocycles. The zero-order valence-corrected chi connectivity index (χ0v) is 11.2. The number of nitrogens with one attached hydrogen (secondary N) is 1. The van der Waals surface area contributed by atoms with Crippen LogP contribution in [0.25, 0.3) is 0 Å². The quantitative estimate of drug-likeness (QED) is 0.647. The van der Waals surface area contributed by atoms with E-state index in [1.165, 1.54) is 18.2 Å². The van der Waals surface area contributed by atoms with E-state index in [2.05, 4.69) is 5.32 Å². The average molecular weight is 291 g/mol. The summed E-state index contributed by atoms with van der Waals surface area (Å²) in [7, 11) is 0. The minimum Gasteiger partial charge on any atom is -0.404 e. The minimum absolute atomic E-state index is 0.0722. The highest BCUT2D eigenvalue weighted by Crippen LogP contribution is 2.21. The summed E-state index contributed by atoms with van der Waals surface area (Å²) in [6.07, 6.45) is 0. The van der Waals surface area contributed by atoms with E-state index in [4.69, 9.17) is 4.42 Å². The van der Waals surface area contributed by atoms with Gasteiger partial charge in [0, 0.05) is 18.2 Å². The molecule has 0 saturated carbocycles. The van der Waals surface area contributed by atoms with E-state index in [9.17, 15) is 20.2 Å². The molecule has 0 fully saturated rings. The summed E-state index contributed by atoms with van der Waals surface area (Å²) in [6.45, 7) is 2.39. The van der Waals surface area contributed by atoms with Gasteiger partial charge in [0.05, 0.1) is 17.5 Å². The molecule has 0 spiro atoms. The zero-order valence-electron chi connectivity index (χ0n) is 11.2. The normalized spacial score (nSPS) is 10.5.